The highest BCUT2D eigenvalue weighted by atomic mass is 16.5. The number of Topliss-reactive ketones (excluding diaryl/α,β-unsaturated/α-hetero) is 1. The van der Waals surface area contributed by atoms with Gasteiger partial charge in [-0.3, -0.25) is 4.79 Å². The van der Waals surface area contributed by atoms with Gasteiger partial charge in [0.15, 0.2) is 5.78 Å². The van der Waals surface area contributed by atoms with Crippen LogP contribution in [0.1, 0.15) is 17.3 Å². The summed E-state index contributed by atoms with van der Waals surface area (Å²) in [6, 6.07) is 5.31. The Labute approximate surface area is 119 Å². The van der Waals surface area contributed by atoms with E-state index in [-0.39, 0.29) is 17.7 Å². The van der Waals surface area contributed by atoms with E-state index in [1.807, 2.05) is 6.92 Å². The van der Waals surface area contributed by atoms with Gasteiger partial charge in [0.1, 0.15) is 11.5 Å². The van der Waals surface area contributed by atoms with Gasteiger partial charge < -0.3 is 19.5 Å². The molecule has 0 bridgehead atoms. The van der Waals surface area contributed by atoms with E-state index in [9.17, 15) is 4.79 Å². The maximum Gasteiger partial charge on any atom is 0.170 e. The van der Waals surface area contributed by atoms with Crippen molar-refractivity contribution in [2.45, 2.75) is 13.0 Å². The summed E-state index contributed by atoms with van der Waals surface area (Å²) in [6.07, 6.45) is 0. The average Bonchev–Trinajstić information content (AvgIpc) is 2.94. The Morgan fingerprint density at radius 3 is 2.45 bits per heavy atom. The van der Waals surface area contributed by atoms with Gasteiger partial charge in [0.05, 0.1) is 33.4 Å². The number of ether oxygens (including phenoxy) is 3. The van der Waals surface area contributed by atoms with Gasteiger partial charge in [0.2, 0.25) is 0 Å². The van der Waals surface area contributed by atoms with Crippen LogP contribution in [0.5, 0.6) is 11.5 Å². The normalized spacial score (nSPS) is 21.8. The first-order valence-corrected chi connectivity index (χ1v) is 6.78. The summed E-state index contributed by atoms with van der Waals surface area (Å²) in [5.74, 6) is 1.13. The highest BCUT2D eigenvalue weighted by Crippen LogP contribution is 2.26. The van der Waals surface area contributed by atoms with Crippen LogP contribution in [0.2, 0.25) is 0 Å². The van der Waals surface area contributed by atoms with E-state index in [1.165, 1.54) is 0 Å². The first-order valence-electron chi connectivity index (χ1n) is 6.78. The molecule has 1 aromatic carbocycles. The maximum absolute atomic E-state index is 12.6. The third-order valence-electron chi connectivity index (χ3n) is 3.52. The van der Waals surface area contributed by atoms with Crippen molar-refractivity contribution < 1.29 is 19.0 Å². The fourth-order valence-corrected chi connectivity index (χ4v) is 2.44. The van der Waals surface area contributed by atoms with Gasteiger partial charge >= 0.3 is 0 Å². The molecule has 0 amide bonds. The van der Waals surface area contributed by atoms with Gasteiger partial charge in [-0.15, -0.1) is 0 Å². The Morgan fingerprint density at radius 2 is 1.90 bits per heavy atom. The van der Waals surface area contributed by atoms with Crippen molar-refractivity contribution in [1.82, 2.24) is 5.32 Å². The Balaban J connectivity index is 2.23. The molecule has 5 nitrogen and oxygen atoms in total. The van der Waals surface area contributed by atoms with Gasteiger partial charge in [0.25, 0.3) is 0 Å². The second-order valence-corrected chi connectivity index (χ2v) is 4.77. The van der Waals surface area contributed by atoms with Crippen molar-refractivity contribution in [2.75, 3.05) is 34.0 Å². The van der Waals surface area contributed by atoms with Crippen LogP contribution in [0, 0.1) is 5.92 Å². The van der Waals surface area contributed by atoms with E-state index < -0.39 is 0 Å². The standard InChI is InChI=1S/C15H21NO4/c1-4-16-14-9-20-8-13(14)15(17)10-5-11(18-2)7-12(6-10)19-3/h5-7,13-14,16H,4,8-9H2,1-3H3. The molecule has 0 aromatic heterocycles. The zero-order chi connectivity index (χ0) is 14.5. The van der Waals surface area contributed by atoms with E-state index in [1.54, 1.807) is 32.4 Å². The fourth-order valence-electron chi connectivity index (χ4n) is 2.44. The minimum Gasteiger partial charge on any atom is -0.497 e. The van der Waals surface area contributed by atoms with Crippen molar-refractivity contribution in [3.63, 3.8) is 0 Å². The van der Waals surface area contributed by atoms with E-state index >= 15 is 0 Å². The second kappa shape index (κ2) is 6.72. The van der Waals surface area contributed by atoms with Crippen LogP contribution < -0.4 is 14.8 Å². The lowest BCUT2D eigenvalue weighted by molar-refractivity contribution is 0.0891. The molecular weight excluding hydrogens is 258 g/mol. The van der Waals surface area contributed by atoms with Crippen LogP contribution in [0.15, 0.2) is 18.2 Å². The zero-order valence-electron chi connectivity index (χ0n) is 12.1. The first kappa shape index (κ1) is 14.8. The fraction of sp³-hybridized carbons (Fsp3) is 0.533. The summed E-state index contributed by atoms with van der Waals surface area (Å²) in [7, 11) is 3.15. The van der Waals surface area contributed by atoms with Crippen LogP contribution in [-0.4, -0.2) is 45.8 Å². The molecule has 1 aliphatic heterocycles. The quantitative estimate of drug-likeness (QED) is 0.800. The van der Waals surface area contributed by atoms with E-state index in [0.717, 1.165) is 6.54 Å². The predicted octanol–water partition coefficient (Wildman–Crippen LogP) is 1.51. The molecule has 0 radical (unpaired) electrons. The summed E-state index contributed by atoms with van der Waals surface area (Å²) in [6.45, 7) is 3.87. The molecule has 5 heteroatoms. The van der Waals surface area contributed by atoms with E-state index in [4.69, 9.17) is 14.2 Å². The van der Waals surface area contributed by atoms with Gasteiger partial charge in [-0.1, -0.05) is 6.92 Å². The molecule has 2 rings (SSSR count). The summed E-state index contributed by atoms with van der Waals surface area (Å²) < 4.78 is 15.8. The molecule has 0 aliphatic carbocycles. The summed E-state index contributed by atoms with van der Waals surface area (Å²) in [5.41, 5.74) is 0.597. The second-order valence-electron chi connectivity index (χ2n) is 4.77. The van der Waals surface area contributed by atoms with Crippen molar-refractivity contribution in [3.05, 3.63) is 23.8 Å². The Hall–Kier alpha value is -1.59. The minimum absolute atomic E-state index is 0.0608. The van der Waals surface area contributed by atoms with Crippen LogP contribution in [-0.2, 0) is 4.74 Å². The van der Waals surface area contributed by atoms with Gasteiger partial charge in [-0.25, -0.2) is 0 Å². The highest BCUT2D eigenvalue weighted by Gasteiger charge is 2.34. The van der Waals surface area contributed by atoms with Crippen LogP contribution in [0.4, 0.5) is 0 Å². The monoisotopic (exact) mass is 279 g/mol. The van der Waals surface area contributed by atoms with Gasteiger partial charge in [-0.2, -0.15) is 0 Å². The van der Waals surface area contributed by atoms with Crippen molar-refractivity contribution in [3.8, 4) is 11.5 Å². The number of ketones is 1. The molecule has 1 N–H and O–H groups in total. The van der Waals surface area contributed by atoms with Crippen molar-refractivity contribution in [1.29, 1.82) is 0 Å². The third-order valence-corrected chi connectivity index (χ3v) is 3.52. The molecule has 1 fully saturated rings. The van der Waals surface area contributed by atoms with E-state index in [2.05, 4.69) is 5.32 Å². The molecule has 2 unspecified atom stereocenters. The predicted molar refractivity (Wildman–Crippen MR) is 75.7 cm³/mol. The third kappa shape index (κ3) is 3.11. The topological polar surface area (TPSA) is 56.8 Å². The van der Waals surface area contributed by atoms with Gasteiger partial charge in [0, 0.05) is 17.7 Å². The molecule has 110 valence electrons. The molecule has 1 aliphatic rings. The molecule has 0 saturated carbocycles. The molecule has 2 atom stereocenters. The maximum atomic E-state index is 12.6. The lowest BCUT2D eigenvalue weighted by Crippen LogP contribution is -2.39. The highest BCUT2D eigenvalue weighted by molar-refractivity contribution is 5.99. The van der Waals surface area contributed by atoms with Crippen LogP contribution in [0.25, 0.3) is 0 Å². The lowest BCUT2D eigenvalue weighted by atomic mass is 9.93. The zero-order valence-corrected chi connectivity index (χ0v) is 12.1. The summed E-state index contributed by atoms with van der Waals surface area (Å²) in [5, 5.41) is 3.29. The van der Waals surface area contributed by atoms with Crippen molar-refractivity contribution >= 4 is 5.78 Å². The smallest absolute Gasteiger partial charge is 0.170 e. The van der Waals surface area contributed by atoms with Gasteiger partial charge in [-0.05, 0) is 18.7 Å². The van der Waals surface area contributed by atoms with Crippen LogP contribution >= 0.6 is 0 Å². The number of likely N-dealkylation sites (N-methyl/N-ethyl adjacent to an activating group) is 1. The molecule has 1 heterocycles. The van der Waals surface area contributed by atoms with Crippen molar-refractivity contribution in [2.24, 2.45) is 5.92 Å². The molecule has 0 spiro atoms. The van der Waals surface area contributed by atoms with E-state index in [0.29, 0.717) is 30.3 Å². The number of rotatable bonds is 6. The Morgan fingerprint density at radius 1 is 1.25 bits per heavy atom. The number of hydrogen-bond donors (Lipinski definition) is 1. The Kier molecular flexibility index (Phi) is 4.98. The largest absolute Gasteiger partial charge is 0.497 e. The number of methoxy groups -OCH3 is 2. The number of hydrogen-bond acceptors (Lipinski definition) is 5. The average molecular weight is 279 g/mol. The molecular formula is C15H21NO4. The lowest BCUT2D eigenvalue weighted by Gasteiger charge is -2.17. The number of nitrogens with one attached hydrogen (secondary N) is 1. The number of carbonyl (C=O) groups excluding carboxylic acids is 1. The SMILES string of the molecule is CCNC1COCC1C(=O)c1cc(OC)cc(OC)c1. The molecule has 1 aromatic rings. The molecule has 1 saturated heterocycles. The minimum atomic E-state index is -0.160. The summed E-state index contributed by atoms with van der Waals surface area (Å²) >= 11 is 0. The number of carbonyl (C=O) groups is 1. The summed E-state index contributed by atoms with van der Waals surface area (Å²) in [4.78, 5) is 12.6. The Bertz CT molecular complexity index is 453. The first-order chi connectivity index (χ1) is 9.69. The molecule has 20 heavy (non-hydrogen) atoms. The number of benzene rings is 1. The van der Waals surface area contributed by atoms with Crippen LogP contribution in [0.3, 0.4) is 0 Å².